The summed E-state index contributed by atoms with van der Waals surface area (Å²) in [6.07, 6.45) is 0. The van der Waals surface area contributed by atoms with Gasteiger partial charge < -0.3 is 19.6 Å². The van der Waals surface area contributed by atoms with Crippen LogP contribution in [0.5, 0.6) is 0 Å². The van der Waals surface area contributed by atoms with Crippen molar-refractivity contribution in [3.63, 3.8) is 0 Å². The van der Waals surface area contributed by atoms with Gasteiger partial charge in [0.25, 0.3) is 0 Å². The molecule has 0 heterocycles. The highest BCUT2D eigenvalue weighted by Crippen LogP contribution is 2.43. The van der Waals surface area contributed by atoms with E-state index in [-0.39, 0.29) is 0 Å². The van der Waals surface area contributed by atoms with E-state index in [1.807, 2.05) is 0 Å². The summed E-state index contributed by atoms with van der Waals surface area (Å²) in [4.78, 5) is 9.42. The molecule has 0 aliphatic carbocycles. The van der Waals surface area contributed by atoms with Gasteiger partial charge in [0.15, 0.2) is 0 Å². The quantitative estimate of drug-likeness (QED) is 0.115. The third-order valence-electron chi connectivity index (χ3n) is 11.6. The van der Waals surface area contributed by atoms with Crippen molar-refractivity contribution in [2.45, 2.75) is 27.3 Å². The Balaban J connectivity index is 1.13. The van der Waals surface area contributed by atoms with E-state index in [0.717, 1.165) is 69.1 Å². The van der Waals surface area contributed by atoms with Gasteiger partial charge in [-0.2, -0.15) is 0 Å². The average Bonchev–Trinajstić information content (AvgIpc) is 3.32. The van der Waals surface area contributed by atoms with Crippen molar-refractivity contribution in [2.75, 3.05) is 19.6 Å². The van der Waals surface area contributed by atoms with Gasteiger partial charge in [-0.25, -0.2) is 0 Å². The molecule has 0 unspecified atom stereocenters. The molecule has 9 rings (SSSR count). The van der Waals surface area contributed by atoms with Gasteiger partial charge in [-0.3, -0.25) is 0 Å². The van der Waals surface area contributed by atoms with E-state index < -0.39 is 0 Å². The highest BCUT2D eigenvalue weighted by atomic mass is 15.2. The smallest absolute Gasteiger partial charge is 0.0490 e. The van der Waals surface area contributed by atoms with E-state index in [4.69, 9.17) is 0 Å². The molecule has 0 saturated heterocycles. The first-order chi connectivity index (χ1) is 30.5. The van der Waals surface area contributed by atoms with E-state index >= 15 is 0 Å². The standard InChI is InChI=1S/C58H50N4/c1-44-19-13-16-22-47(44)43-59(48-23-7-4-8-24-48)49-31-33-52(34-32-49)60(53-35-39-55(40-36-53)61(50-25-9-5-10-26-50)57-29-17-14-20-45(57)2)54-37-41-56(42-38-54)62(51-27-11-6-12-28-51)58-30-18-15-21-46(58)3/h4-42H,43H2,1-3H3. The maximum atomic E-state index is 2.40. The van der Waals surface area contributed by atoms with E-state index in [0.29, 0.717) is 0 Å². The van der Waals surface area contributed by atoms with Crippen LogP contribution in [0.2, 0.25) is 0 Å². The van der Waals surface area contributed by atoms with Crippen LogP contribution in [-0.4, -0.2) is 0 Å². The predicted molar refractivity (Wildman–Crippen MR) is 263 cm³/mol. The molecule has 0 bridgehead atoms. The molecule has 0 N–H and O–H groups in total. The van der Waals surface area contributed by atoms with Gasteiger partial charge >= 0.3 is 0 Å². The minimum atomic E-state index is 0.764. The molecule has 62 heavy (non-hydrogen) atoms. The van der Waals surface area contributed by atoms with Crippen LogP contribution in [-0.2, 0) is 6.54 Å². The van der Waals surface area contributed by atoms with Crippen LogP contribution in [0.4, 0.5) is 62.6 Å². The Bertz CT molecular complexity index is 2710. The second kappa shape index (κ2) is 18.2. The number of nitrogens with zero attached hydrogens (tertiary/aromatic N) is 4. The number of benzene rings is 9. The molecule has 4 heteroatoms. The predicted octanol–water partition coefficient (Wildman–Crippen LogP) is 16.4. The van der Waals surface area contributed by atoms with Crippen molar-refractivity contribution >= 4 is 62.6 Å². The molecule has 0 saturated carbocycles. The Morgan fingerprint density at radius 2 is 0.516 bits per heavy atom. The highest BCUT2D eigenvalue weighted by Gasteiger charge is 2.20. The lowest BCUT2D eigenvalue weighted by atomic mass is 10.1. The first-order valence-electron chi connectivity index (χ1n) is 21.3. The fourth-order valence-corrected chi connectivity index (χ4v) is 8.27. The Morgan fingerprint density at radius 1 is 0.242 bits per heavy atom. The lowest BCUT2D eigenvalue weighted by Crippen LogP contribution is -2.17. The minimum absolute atomic E-state index is 0.764. The van der Waals surface area contributed by atoms with Gasteiger partial charge in [-0.15, -0.1) is 0 Å². The van der Waals surface area contributed by atoms with Crippen molar-refractivity contribution in [3.8, 4) is 0 Å². The highest BCUT2D eigenvalue weighted by molar-refractivity contribution is 5.84. The number of hydrogen-bond acceptors (Lipinski definition) is 4. The van der Waals surface area contributed by atoms with Crippen molar-refractivity contribution in [3.05, 3.63) is 259 Å². The summed E-state index contributed by atoms with van der Waals surface area (Å²) in [5.41, 5.74) is 17.2. The number of rotatable bonds is 13. The van der Waals surface area contributed by atoms with Crippen LogP contribution < -0.4 is 19.6 Å². The van der Waals surface area contributed by atoms with Crippen molar-refractivity contribution < 1.29 is 0 Å². The zero-order valence-electron chi connectivity index (χ0n) is 35.5. The first kappa shape index (κ1) is 39.6. The van der Waals surface area contributed by atoms with Crippen LogP contribution in [0.3, 0.4) is 0 Å². The van der Waals surface area contributed by atoms with E-state index in [9.17, 15) is 0 Å². The zero-order valence-corrected chi connectivity index (χ0v) is 35.5. The summed E-state index contributed by atoms with van der Waals surface area (Å²) in [7, 11) is 0. The molecule has 4 nitrogen and oxygen atoms in total. The summed E-state index contributed by atoms with van der Waals surface area (Å²) in [6, 6.07) is 84.6. The molecule has 0 fully saturated rings. The van der Waals surface area contributed by atoms with Crippen molar-refractivity contribution in [2.24, 2.45) is 0 Å². The first-order valence-corrected chi connectivity index (χ1v) is 21.3. The molecule has 0 atom stereocenters. The second-order valence-corrected chi connectivity index (χ2v) is 15.6. The molecule has 0 amide bonds. The maximum Gasteiger partial charge on any atom is 0.0490 e. The summed E-state index contributed by atoms with van der Waals surface area (Å²) in [5, 5.41) is 0. The molecule has 9 aromatic carbocycles. The SMILES string of the molecule is Cc1ccccc1CN(c1ccccc1)c1ccc(N(c2ccc(N(c3ccccc3)c3ccccc3C)cc2)c2ccc(N(c3ccccc3)c3ccccc3C)cc2)cc1. The topological polar surface area (TPSA) is 13.0 Å². The van der Waals surface area contributed by atoms with Crippen molar-refractivity contribution in [1.82, 2.24) is 0 Å². The Morgan fingerprint density at radius 3 is 0.903 bits per heavy atom. The molecular formula is C58H50N4. The van der Waals surface area contributed by atoms with Crippen LogP contribution in [0.25, 0.3) is 0 Å². The Hall–Kier alpha value is -7.82. The Kier molecular flexibility index (Phi) is 11.6. The monoisotopic (exact) mass is 802 g/mol. The van der Waals surface area contributed by atoms with E-state index in [1.54, 1.807) is 0 Å². The molecule has 0 aliphatic rings. The summed E-state index contributed by atoms with van der Waals surface area (Å²) in [6.45, 7) is 7.30. The fraction of sp³-hybridized carbons (Fsp3) is 0.0690. The second-order valence-electron chi connectivity index (χ2n) is 15.6. The minimum Gasteiger partial charge on any atom is -0.337 e. The van der Waals surface area contributed by atoms with Crippen LogP contribution in [0.1, 0.15) is 22.3 Å². The fourth-order valence-electron chi connectivity index (χ4n) is 8.27. The largest absolute Gasteiger partial charge is 0.337 e. The van der Waals surface area contributed by atoms with Gasteiger partial charge in [0.1, 0.15) is 0 Å². The van der Waals surface area contributed by atoms with Gasteiger partial charge in [0.2, 0.25) is 0 Å². The lowest BCUT2D eigenvalue weighted by molar-refractivity contribution is 0.963. The zero-order chi connectivity index (χ0) is 42.3. The summed E-state index contributed by atoms with van der Waals surface area (Å²) < 4.78 is 0. The van der Waals surface area contributed by atoms with E-state index in [1.165, 1.54) is 22.3 Å². The maximum absolute atomic E-state index is 2.40. The molecule has 9 aromatic rings. The molecule has 302 valence electrons. The third kappa shape index (κ3) is 8.45. The number of para-hydroxylation sites is 5. The number of hydrogen-bond donors (Lipinski definition) is 0. The van der Waals surface area contributed by atoms with Gasteiger partial charge in [-0.1, -0.05) is 115 Å². The van der Waals surface area contributed by atoms with Gasteiger partial charge in [0.05, 0.1) is 0 Å². The lowest BCUT2D eigenvalue weighted by Gasteiger charge is -2.31. The van der Waals surface area contributed by atoms with Crippen LogP contribution >= 0.6 is 0 Å². The van der Waals surface area contributed by atoms with Gasteiger partial charge in [-0.05, 0) is 164 Å². The molecule has 0 aromatic heterocycles. The molecule has 0 aliphatic heterocycles. The molecular weight excluding hydrogens is 753 g/mol. The Labute approximate surface area is 366 Å². The molecule has 0 spiro atoms. The average molecular weight is 803 g/mol. The molecule has 0 radical (unpaired) electrons. The van der Waals surface area contributed by atoms with Crippen LogP contribution in [0, 0.1) is 20.8 Å². The summed E-state index contributed by atoms with van der Waals surface area (Å²) in [5.74, 6) is 0. The number of aryl methyl sites for hydroxylation is 3. The van der Waals surface area contributed by atoms with Gasteiger partial charge in [0, 0.05) is 69.1 Å². The normalized spacial score (nSPS) is 10.9. The van der Waals surface area contributed by atoms with Crippen LogP contribution in [0.15, 0.2) is 237 Å². The summed E-state index contributed by atoms with van der Waals surface area (Å²) >= 11 is 0. The number of anilines is 11. The van der Waals surface area contributed by atoms with E-state index in [2.05, 4.69) is 277 Å². The van der Waals surface area contributed by atoms with Crippen molar-refractivity contribution in [1.29, 1.82) is 0 Å². The third-order valence-corrected chi connectivity index (χ3v) is 11.6.